The third-order valence-electron chi connectivity index (χ3n) is 27.8. The Morgan fingerprint density at radius 1 is 0.139 bits per heavy atom. The number of benzene rings is 21. The average Bonchev–Trinajstić information content (AvgIpc) is 1.57. The highest BCUT2D eigenvalue weighted by molar-refractivity contribution is 7.28. The summed E-state index contributed by atoms with van der Waals surface area (Å²) in [5.41, 5.74) is 28.8. The fraction of sp³-hybridized carbons (Fsp3) is 0. The lowest BCUT2D eigenvalue weighted by Gasteiger charge is -2.11. The van der Waals surface area contributed by atoms with Gasteiger partial charge in [0.1, 0.15) is 0 Å². The van der Waals surface area contributed by atoms with Crippen molar-refractivity contribution in [3.8, 4) is 95.0 Å². The molecular weight excluding hydrogens is 1770 g/mol. The first-order valence-corrected chi connectivity index (χ1v) is 51.4. The summed E-state index contributed by atoms with van der Waals surface area (Å²) in [6.45, 7) is 0. The number of aromatic nitrogens is 3. The lowest BCUT2D eigenvalue weighted by atomic mass is 9.95. The molecule has 640 valence electrons. The second kappa shape index (κ2) is 32.4. The van der Waals surface area contributed by atoms with Crippen molar-refractivity contribution in [2.75, 3.05) is 0 Å². The molecule has 0 bridgehead atoms. The van der Waals surface area contributed by atoms with Crippen LogP contribution in [0.15, 0.2) is 467 Å². The van der Waals surface area contributed by atoms with E-state index in [1.165, 1.54) is 271 Å². The largest absolute Gasteiger partial charge is 0.308 e. The van der Waals surface area contributed by atoms with E-state index >= 15 is 0 Å². The van der Waals surface area contributed by atoms with Gasteiger partial charge in [-0.05, 0) is 209 Å². The molecule has 0 aliphatic carbocycles. The predicted molar refractivity (Wildman–Crippen MR) is 600 cm³/mol. The molecule has 9 aromatic heterocycles. The van der Waals surface area contributed by atoms with Gasteiger partial charge in [0.05, 0.1) is 47.2 Å². The molecule has 0 radical (unpaired) electrons. The number of rotatable bonds is 10. The Hall–Kier alpha value is -15.9. The summed E-state index contributed by atoms with van der Waals surface area (Å²) in [6.07, 6.45) is 0. The Bertz CT molecular complexity index is 10100. The van der Waals surface area contributed by atoms with Crippen LogP contribution in [0.5, 0.6) is 0 Å². The van der Waals surface area contributed by atoms with Crippen LogP contribution in [0.25, 0.3) is 271 Å². The van der Waals surface area contributed by atoms with Gasteiger partial charge < -0.3 is 13.7 Å². The van der Waals surface area contributed by atoms with Gasteiger partial charge in [-0.25, -0.2) is 0 Å². The highest BCUT2D eigenvalue weighted by Crippen LogP contribution is 2.53. The Morgan fingerprint density at radius 2 is 0.453 bits per heavy atom. The normalized spacial score (nSPS) is 11.9. The van der Waals surface area contributed by atoms with Crippen molar-refractivity contribution >= 4 is 244 Å². The quantitative estimate of drug-likeness (QED) is 0.130. The van der Waals surface area contributed by atoms with Gasteiger partial charge in [-0.3, -0.25) is 0 Å². The van der Waals surface area contributed by atoms with Gasteiger partial charge >= 0.3 is 0 Å². The molecule has 9 heteroatoms. The topological polar surface area (TPSA) is 14.8 Å². The Labute approximate surface area is 812 Å². The van der Waals surface area contributed by atoms with Crippen molar-refractivity contribution in [3.63, 3.8) is 0 Å². The third kappa shape index (κ3) is 13.1. The predicted octanol–water partition coefficient (Wildman–Crippen LogP) is 39.1. The Morgan fingerprint density at radius 3 is 0.920 bits per heavy atom. The molecule has 30 rings (SSSR count). The molecule has 0 fully saturated rings. The van der Waals surface area contributed by atoms with E-state index in [2.05, 4.69) is 481 Å². The van der Waals surface area contributed by atoms with Crippen molar-refractivity contribution in [1.82, 2.24) is 13.7 Å². The number of thiophene rings is 6. The van der Waals surface area contributed by atoms with Gasteiger partial charge in [-0.15, -0.1) is 68.0 Å². The van der Waals surface area contributed by atoms with E-state index in [0.29, 0.717) is 0 Å². The van der Waals surface area contributed by atoms with E-state index < -0.39 is 0 Å². The molecule has 30 aromatic rings. The summed E-state index contributed by atoms with van der Waals surface area (Å²) >= 11 is 11.4. The summed E-state index contributed by atoms with van der Waals surface area (Å²) in [7, 11) is 0. The number of hydrogen-bond donors (Lipinski definition) is 0. The van der Waals surface area contributed by atoms with Crippen molar-refractivity contribution in [3.05, 3.63) is 467 Å². The number of para-hydroxylation sites is 6. The number of fused-ring (bicyclic) bond motifs is 27. The van der Waals surface area contributed by atoms with E-state index in [0.717, 1.165) is 0 Å². The molecular formula is C128H77N3S6. The zero-order valence-corrected chi connectivity index (χ0v) is 78.6. The standard InChI is InChI=1S/C44H27NS2.2C42H25NS2/c1-3-12-28(13-4-1)34-19-9-20-36-40-32(17-10-22-38(40)46-43(34)36)29-24-26-30(27-25-29)33-18-11-23-39-41(33)42-44(47-39)35-16-7-8-21-37(35)45(42)31-14-5-2-6-15-31;1-2-11-31(12-3-1)43-36-15-7-6-13-34(36)42-41(43)40-32(14-8-16-37(40)45-42)27-19-17-26(18-20-27)30-21-22-33-35-23-28-9-4-5-10-29(28)24-39(35)44-38(33)25-30;1-2-10-30(11-3-1)43-35-15-7-6-13-33(35)42-41(43)40-32(14-8-16-36(40)45-42)28-19-17-26(18-20-28)29-21-23-34-38(25-29)44-37-24-22-27-9-4-5-12-31(27)39(34)37/h1-27H;2*1-25H. The fourth-order valence-corrected chi connectivity index (χ4v) is 28.9. The van der Waals surface area contributed by atoms with Gasteiger partial charge in [0.15, 0.2) is 0 Å². The summed E-state index contributed by atoms with van der Waals surface area (Å²) in [5.74, 6) is 0. The summed E-state index contributed by atoms with van der Waals surface area (Å²) in [5, 5.41) is 21.2. The van der Waals surface area contributed by atoms with E-state index in [-0.39, 0.29) is 0 Å². The number of nitrogens with zero attached hydrogens (tertiary/aromatic N) is 3. The molecule has 0 spiro atoms. The first-order chi connectivity index (χ1) is 67.9. The van der Waals surface area contributed by atoms with Crippen LogP contribution < -0.4 is 0 Å². The maximum absolute atomic E-state index is 2.45. The zero-order valence-electron chi connectivity index (χ0n) is 73.7. The number of hydrogen-bond acceptors (Lipinski definition) is 6. The molecule has 0 N–H and O–H groups in total. The maximum atomic E-state index is 2.45. The molecule has 0 atom stereocenters. The van der Waals surface area contributed by atoms with E-state index in [1.807, 2.05) is 68.0 Å². The van der Waals surface area contributed by atoms with Crippen LogP contribution in [-0.4, -0.2) is 13.7 Å². The molecule has 21 aromatic carbocycles. The highest BCUT2D eigenvalue weighted by atomic mass is 32.1. The van der Waals surface area contributed by atoms with E-state index in [1.54, 1.807) is 0 Å². The SMILES string of the molecule is c1ccc(-c2cccc3c2sc2cccc(-c4ccc(-c5cccc6sc7c8ccccc8n(-c8ccccc8)c7c56)cc4)c23)cc1.c1ccc(-n2c3ccccc3c3sc4cccc(-c5ccc(-c6ccc7c(c6)sc6cc8ccccc8cc67)cc5)c4c32)cc1.c1ccc(-n2c3ccccc3c3sc4cccc(-c5ccc(-c6ccc7c(c6)sc6ccc8ccccc8c67)cc5)c4c32)cc1. The van der Waals surface area contributed by atoms with Crippen molar-refractivity contribution in [2.24, 2.45) is 0 Å². The molecule has 0 saturated carbocycles. The second-order valence-electron chi connectivity index (χ2n) is 35.5. The van der Waals surface area contributed by atoms with Crippen LogP contribution >= 0.6 is 68.0 Å². The molecule has 9 heterocycles. The average molecular weight is 1850 g/mol. The maximum Gasteiger partial charge on any atom is 0.0734 e. The Kier molecular flexibility index (Phi) is 18.9. The van der Waals surface area contributed by atoms with Gasteiger partial charge in [-0.1, -0.05) is 358 Å². The van der Waals surface area contributed by atoms with Crippen LogP contribution in [0.3, 0.4) is 0 Å². The Balaban J connectivity index is 0.000000102. The molecule has 0 saturated heterocycles. The van der Waals surface area contributed by atoms with E-state index in [9.17, 15) is 0 Å². The summed E-state index contributed by atoms with van der Waals surface area (Å²) < 4.78 is 23.4. The fourth-order valence-electron chi connectivity index (χ4n) is 21.6. The summed E-state index contributed by atoms with van der Waals surface area (Å²) in [6, 6.07) is 171. The van der Waals surface area contributed by atoms with Gasteiger partial charge in [0.25, 0.3) is 0 Å². The first kappa shape index (κ1) is 79.6. The highest BCUT2D eigenvalue weighted by Gasteiger charge is 2.26. The van der Waals surface area contributed by atoms with Crippen LogP contribution in [0.1, 0.15) is 0 Å². The van der Waals surface area contributed by atoms with Crippen molar-refractivity contribution < 1.29 is 0 Å². The van der Waals surface area contributed by atoms with Crippen LogP contribution in [0.4, 0.5) is 0 Å². The van der Waals surface area contributed by atoms with Gasteiger partial charge in [0.2, 0.25) is 0 Å². The minimum absolute atomic E-state index is 1.19. The smallest absolute Gasteiger partial charge is 0.0734 e. The molecule has 0 aliphatic heterocycles. The van der Waals surface area contributed by atoms with E-state index in [4.69, 9.17) is 0 Å². The van der Waals surface area contributed by atoms with Crippen LogP contribution in [0.2, 0.25) is 0 Å². The molecule has 3 nitrogen and oxygen atoms in total. The minimum Gasteiger partial charge on any atom is -0.308 e. The zero-order chi connectivity index (χ0) is 89.9. The minimum atomic E-state index is 1.19. The lowest BCUT2D eigenvalue weighted by Crippen LogP contribution is -1.93. The van der Waals surface area contributed by atoms with Crippen molar-refractivity contribution in [2.45, 2.75) is 0 Å². The monoisotopic (exact) mass is 1850 g/mol. The third-order valence-corrected chi connectivity index (χ3v) is 34.8. The van der Waals surface area contributed by atoms with Crippen molar-refractivity contribution in [1.29, 1.82) is 0 Å². The second-order valence-corrected chi connectivity index (χ2v) is 41.9. The molecule has 0 aliphatic rings. The molecule has 137 heavy (non-hydrogen) atoms. The molecule has 0 unspecified atom stereocenters. The summed E-state index contributed by atoms with van der Waals surface area (Å²) in [4.78, 5) is 0. The van der Waals surface area contributed by atoms with Gasteiger partial charge in [-0.2, -0.15) is 0 Å². The van der Waals surface area contributed by atoms with Gasteiger partial charge in [0, 0.05) is 124 Å². The molecule has 0 amide bonds. The lowest BCUT2D eigenvalue weighted by molar-refractivity contribution is 1.19. The van der Waals surface area contributed by atoms with Crippen LogP contribution in [-0.2, 0) is 0 Å². The first-order valence-electron chi connectivity index (χ1n) is 46.5. The van der Waals surface area contributed by atoms with Crippen LogP contribution in [0, 0.1) is 0 Å².